The van der Waals surface area contributed by atoms with Crippen molar-refractivity contribution in [2.45, 2.75) is 33.1 Å². The molecule has 0 aliphatic rings. The maximum Gasteiger partial charge on any atom is 0.339 e. The molecule has 0 aliphatic carbocycles. The van der Waals surface area contributed by atoms with Crippen molar-refractivity contribution in [2.24, 2.45) is 0 Å². The van der Waals surface area contributed by atoms with Gasteiger partial charge in [-0.2, -0.15) is 4.89 Å². The van der Waals surface area contributed by atoms with Gasteiger partial charge < -0.3 is 0 Å². The van der Waals surface area contributed by atoms with E-state index in [9.17, 15) is 4.79 Å². The lowest BCUT2D eigenvalue weighted by molar-refractivity contribution is -0.270. The fourth-order valence-corrected chi connectivity index (χ4v) is 1.67. The van der Waals surface area contributed by atoms with Crippen LogP contribution >= 0.6 is 0 Å². The van der Waals surface area contributed by atoms with Crippen molar-refractivity contribution in [3.8, 4) is 0 Å². The van der Waals surface area contributed by atoms with Gasteiger partial charge in [0, 0.05) is 6.92 Å². The Balaban J connectivity index is 0.000000200. The van der Waals surface area contributed by atoms with Crippen molar-refractivity contribution in [2.75, 3.05) is 6.61 Å². The Morgan fingerprint density at radius 1 is 0.950 bits per heavy atom. The third-order valence-electron chi connectivity index (χ3n) is 2.67. The molecule has 0 aromatic heterocycles. The van der Waals surface area contributed by atoms with Crippen molar-refractivity contribution in [3.05, 3.63) is 48.5 Å². The van der Waals surface area contributed by atoms with E-state index < -0.39 is 5.97 Å². The molecule has 2 aromatic carbocycles. The van der Waals surface area contributed by atoms with Crippen LogP contribution in [0.15, 0.2) is 48.5 Å². The van der Waals surface area contributed by atoms with Crippen molar-refractivity contribution in [3.63, 3.8) is 0 Å². The molecular weight excluding hydrogens is 252 g/mol. The normalized spacial score (nSPS) is 9.70. The Morgan fingerprint density at radius 3 is 1.85 bits per heavy atom. The summed E-state index contributed by atoms with van der Waals surface area (Å²) in [5.74, 6) is -0.392. The van der Waals surface area contributed by atoms with E-state index in [1.165, 1.54) is 17.7 Å². The molecule has 0 atom stereocenters. The molecule has 0 saturated carbocycles. The molecule has 0 bridgehead atoms. The minimum absolute atomic E-state index is 0.392. The van der Waals surface area contributed by atoms with Crippen molar-refractivity contribution >= 4 is 16.7 Å². The summed E-state index contributed by atoms with van der Waals surface area (Å²) in [6.07, 6.45) is 3.20. The lowest BCUT2D eigenvalue weighted by atomic mass is 10.1. The average molecular weight is 274 g/mol. The van der Waals surface area contributed by atoms with Gasteiger partial charge in [0.2, 0.25) is 0 Å². The average Bonchev–Trinajstić information content (AvgIpc) is 2.48. The molecule has 0 spiro atoms. The lowest BCUT2D eigenvalue weighted by Crippen LogP contribution is -2.01. The van der Waals surface area contributed by atoms with Gasteiger partial charge in [-0.1, -0.05) is 68.3 Å². The zero-order valence-electron chi connectivity index (χ0n) is 12.2. The Morgan fingerprint density at radius 2 is 1.45 bits per heavy atom. The van der Waals surface area contributed by atoms with E-state index in [-0.39, 0.29) is 0 Å². The molecule has 0 amide bonds. The molecule has 0 saturated heterocycles. The lowest BCUT2D eigenvalue weighted by Gasteiger charge is -1.98. The molecular formula is C17H22O3. The molecule has 0 aliphatic heterocycles. The monoisotopic (exact) mass is 274 g/mol. The molecule has 3 nitrogen and oxygen atoms in total. The summed E-state index contributed by atoms with van der Waals surface area (Å²) in [7, 11) is 0. The second-order valence-electron chi connectivity index (χ2n) is 4.45. The maximum absolute atomic E-state index is 10.1. The van der Waals surface area contributed by atoms with Crippen molar-refractivity contribution in [1.29, 1.82) is 0 Å². The summed E-state index contributed by atoms with van der Waals surface area (Å²) >= 11 is 0. The van der Waals surface area contributed by atoms with Crippen LogP contribution in [-0.2, 0) is 14.6 Å². The summed E-state index contributed by atoms with van der Waals surface area (Å²) < 4.78 is 0. The van der Waals surface area contributed by atoms with Gasteiger partial charge in [0.05, 0.1) is 6.61 Å². The molecule has 0 radical (unpaired) electrons. The zero-order valence-corrected chi connectivity index (χ0v) is 12.2. The second-order valence-corrected chi connectivity index (χ2v) is 4.45. The van der Waals surface area contributed by atoms with Crippen LogP contribution in [-0.4, -0.2) is 12.6 Å². The summed E-state index contributed by atoms with van der Waals surface area (Å²) in [6, 6.07) is 16.7. The topological polar surface area (TPSA) is 35.5 Å². The fourth-order valence-electron chi connectivity index (χ4n) is 1.67. The highest BCUT2D eigenvalue weighted by Crippen LogP contribution is 2.11. The molecule has 3 heteroatoms. The van der Waals surface area contributed by atoms with Crippen LogP contribution < -0.4 is 0 Å². The van der Waals surface area contributed by atoms with E-state index in [4.69, 9.17) is 0 Å². The smallest absolute Gasteiger partial charge is 0.299 e. The van der Waals surface area contributed by atoms with Gasteiger partial charge in [0.1, 0.15) is 0 Å². The van der Waals surface area contributed by atoms with Crippen LogP contribution in [0.1, 0.15) is 33.1 Å². The standard InChI is InChI=1S/C10H8.C7H14O3/c1-2-6-10-8-4-3-7-9(10)5-1;1-3-4-5-6-9-10-7(2)8/h1-8H;3-6H2,1-2H3. The molecule has 0 N–H and O–H groups in total. The minimum Gasteiger partial charge on any atom is -0.299 e. The molecule has 0 heterocycles. The van der Waals surface area contributed by atoms with Gasteiger partial charge in [-0.3, -0.25) is 4.89 Å². The highest BCUT2D eigenvalue weighted by molar-refractivity contribution is 5.81. The number of hydrogen-bond acceptors (Lipinski definition) is 3. The first-order valence-corrected chi connectivity index (χ1v) is 6.98. The molecule has 108 valence electrons. The largest absolute Gasteiger partial charge is 0.339 e. The third kappa shape index (κ3) is 6.90. The molecule has 0 fully saturated rings. The highest BCUT2D eigenvalue weighted by atomic mass is 17.2. The maximum atomic E-state index is 10.1. The summed E-state index contributed by atoms with van der Waals surface area (Å²) in [6.45, 7) is 3.93. The summed E-state index contributed by atoms with van der Waals surface area (Å²) in [4.78, 5) is 18.9. The Labute approximate surface area is 120 Å². The Kier molecular flexibility index (Phi) is 8.08. The van der Waals surface area contributed by atoms with Gasteiger partial charge in [-0.25, -0.2) is 4.79 Å². The quantitative estimate of drug-likeness (QED) is 0.457. The van der Waals surface area contributed by atoms with E-state index in [1.807, 2.05) is 0 Å². The highest BCUT2D eigenvalue weighted by Gasteiger charge is 1.92. The van der Waals surface area contributed by atoms with Crippen molar-refractivity contribution < 1.29 is 14.6 Å². The van der Waals surface area contributed by atoms with Gasteiger partial charge in [0.25, 0.3) is 0 Å². The first-order valence-electron chi connectivity index (χ1n) is 6.98. The van der Waals surface area contributed by atoms with E-state index in [0.29, 0.717) is 6.61 Å². The van der Waals surface area contributed by atoms with Gasteiger partial charge >= 0.3 is 5.97 Å². The fraction of sp³-hybridized carbons (Fsp3) is 0.353. The van der Waals surface area contributed by atoms with Gasteiger partial charge in [0.15, 0.2) is 0 Å². The molecule has 20 heavy (non-hydrogen) atoms. The van der Waals surface area contributed by atoms with Gasteiger partial charge in [-0.05, 0) is 17.2 Å². The SMILES string of the molecule is CCCCCOOC(C)=O.c1ccc2ccccc2c1. The number of rotatable bonds is 5. The first kappa shape index (κ1) is 16.2. The Bertz CT molecular complexity index is 443. The number of fused-ring (bicyclic) bond motifs is 1. The van der Waals surface area contributed by atoms with Crippen molar-refractivity contribution in [1.82, 2.24) is 0 Å². The summed E-state index contributed by atoms with van der Waals surface area (Å²) in [5, 5.41) is 2.62. The van der Waals surface area contributed by atoms with Crippen LogP contribution in [0.3, 0.4) is 0 Å². The van der Waals surface area contributed by atoms with Crippen LogP contribution in [0.25, 0.3) is 10.8 Å². The van der Waals surface area contributed by atoms with Crippen LogP contribution in [0.5, 0.6) is 0 Å². The van der Waals surface area contributed by atoms with Gasteiger partial charge in [-0.15, -0.1) is 0 Å². The first-order chi connectivity index (χ1) is 9.74. The summed E-state index contributed by atoms with van der Waals surface area (Å²) in [5.41, 5.74) is 0. The molecule has 2 rings (SSSR count). The van der Waals surface area contributed by atoms with Crippen LogP contribution in [0.4, 0.5) is 0 Å². The molecule has 2 aromatic rings. The number of unbranched alkanes of at least 4 members (excludes halogenated alkanes) is 2. The predicted octanol–water partition coefficient (Wildman–Crippen LogP) is 4.51. The zero-order chi connectivity index (χ0) is 14.6. The minimum atomic E-state index is -0.392. The second kappa shape index (κ2) is 9.98. The van der Waals surface area contributed by atoms with E-state index >= 15 is 0 Å². The Hall–Kier alpha value is -1.87. The van der Waals surface area contributed by atoms with E-state index in [1.54, 1.807) is 0 Å². The number of hydrogen-bond donors (Lipinski definition) is 0. The van der Waals surface area contributed by atoms with E-state index in [2.05, 4.69) is 65.2 Å². The number of carbonyl (C=O) groups excluding carboxylic acids is 1. The number of carbonyl (C=O) groups is 1. The van der Waals surface area contributed by atoms with Crippen LogP contribution in [0, 0.1) is 0 Å². The predicted molar refractivity (Wildman–Crippen MR) is 81.2 cm³/mol. The van der Waals surface area contributed by atoms with Crippen LogP contribution in [0.2, 0.25) is 0 Å². The number of benzene rings is 2. The third-order valence-corrected chi connectivity index (χ3v) is 2.67. The molecule has 0 unspecified atom stereocenters. The van der Waals surface area contributed by atoms with E-state index in [0.717, 1.165) is 19.3 Å².